The summed E-state index contributed by atoms with van der Waals surface area (Å²) in [5, 5.41) is 0. The van der Waals surface area contributed by atoms with Gasteiger partial charge in [0.05, 0.1) is 0 Å². The first-order chi connectivity index (χ1) is 7.54. The van der Waals surface area contributed by atoms with Crippen LogP contribution in [0, 0.1) is 11.3 Å². The number of hydrogen-bond acceptors (Lipinski definition) is 2. The van der Waals surface area contributed by atoms with Gasteiger partial charge in [-0.15, -0.1) is 0 Å². The van der Waals surface area contributed by atoms with Gasteiger partial charge >= 0.3 is 0 Å². The highest BCUT2D eigenvalue weighted by atomic mass is 15.3. The average Bonchev–Trinajstić information content (AvgIpc) is 2.12. The van der Waals surface area contributed by atoms with Crippen molar-refractivity contribution in [2.45, 2.75) is 46.6 Å². The van der Waals surface area contributed by atoms with Gasteiger partial charge in [-0.1, -0.05) is 34.1 Å². The second kappa shape index (κ2) is 4.66. The van der Waals surface area contributed by atoms with Crippen molar-refractivity contribution in [1.82, 2.24) is 9.80 Å². The molecule has 2 fully saturated rings. The van der Waals surface area contributed by atoms with Gasteiger partial charge in [0, 0.05) is 38.8 Å². The normalized spacial score (nSPS) is 25.5. The molecule has 0 aromatic rings. The van der Waals surface area contributed by atoms with Crippen LogP contribution in [0.25, 0.3) is 0 Å². The molecule has 0 N–H and O–H groups in total. The Morgan fingerprint density at radius 2 is 1.69 bits per heavy atom. The summed E-state index contributed by atoms with van der Waals surface area (Å²) in [6.45, 7) is 16.1. The van der Waals surface area contributed by atoms with Crippen molar-refractivity contribution in [1.29, 1.82) is 0 Å². The molecule has 2 aliphatic heterocycles. The second-order valence-electron chi connectivity index (χ2n) is 6.59. The van der Waals surface area contributed by atoms with E-state index in [4.69, 9.17) is 0 Å². The van der Waals surface area contributed by atoms with Gasteiger partial charge in [-0.05, 0) is 17.8 Å². The third-order valence-corrected chi connectivity index (χ3v) is 4.63. The van der Waals surface area contributed by atoms with Crippen LogP contribution in [-0.2, 0) is 0 Å². The number of likely N-dealkylation sites (tertiary alicyclic amines) is 2. The Labute approximate surface area is 101 Å². The van der Waals surface area contributed by atoms with E-state index >= 15 is 0 Å². The standard InChI is InChI=1S/C14H28N2/c1-5-12-7-16(8-12)13-9-15(10-13)11-14(3,4)6-2/h12-13H,5-11H2,1-4H3. The molecule has 2 heterocycles. The van der Waals surface area contributed by atoms with Gasteiger partial charge in [0.15, 0.2) is 0 Å². The largest absolute Gasteiger partial charge is 0.300 e. The molecule has 0 bridgehead atoms. The summed E-state index contributed by atoms with van der Waals surface area (Å²) in [6, 6.07) is 0.885. The highest BCUT2D eigenvalue weighted by Crippen LogP contribution is 2.29. The number of nitrogens with zero attached hydrogens (tertiary/aromatic N) is 2. The first-order valence-corrected chi connectivity index (χ1v) is 7.00. The van der Waals surface area contributed by atoms with Crippen molar-refractivity contribution in [3.05, 3.63) is 0 Å². The van der Waals surface area contributed by atoms with Crippen molar-refractivity contribution in [3.63, 3.8) is 0 Å². The fraction of sp³-hybridized carbons (Fsp3) is 1.00. The van der Waals surface area contributed by atoms with Crippen molar-refractivity contribution < 1.29 is 0 Å². The van der Waals surface area contributed by atoms with Crippen LogP contribution in [0.1, 0.15) is 40.5 Å². The Balaban J connectivity index is 1.63. The van der Waals surface area contributed by atoms with Crippen LogP contribution in [0.5, 0.6) is 0 Å². The third kappa shape index (κ3) is 2.60. The molecule has 0 spiro atoms. The molecule has 0 aliphatic carbocycles. The van der Waals surface area contributed by atoms with Crippen LogP contribution in [0.2, 0.25) is 0 Å². The molecule has 2 aliphatic rings. The minimum absolute atomic E-state index is 0.506. The van der Waals surface area contributed by atoms with E-state index in [0.29, 0.717) is 5.41 Å². The van der Waals surface area contributed by atoms with Crippen LogP contribution in [0.4, 0.5) is 0 Å². The summed E-state index contributed by atoms with van der Waals surface area (Å²) in [5.41, 5.74) is 0.506. The highest BCUT2D eigenvalue weighted by molar-refractivity contribution is 4.95. The van der Waals surface area contributed by atoms with Gasteiger partial charge in [-0.2, -0.15) is 0 Å². The number of hydrogen-bond donors (Lipinski definition) is 0. The minimum atomic E-state index is 0.506. The lowest BCUT2D eigenvalue weighted by Gasteiger charge is -2.53. The molecule has 0 amide bonds. The summed E-state index contributed by atoms with van der Waals surface area (Å²) >= 11 is 0. The summed E-state index contributed by atoms with van der Waals surface area (Å²) in [7, 11) is 0. The Hall–Kier alpha value is -0.0800. The predicted octanol–water partition coefficient (Wildman–Crippen LogP) is 2.45. The van der Waals surface area contributed by atoms with Crippen LogP contribution in [0.3, 0.4) is 0 Å². The molecule has 94 valence electrons. The second-order valence-corrected chi connectivity index (χ2v) is 6.59. The zero-order valence-electron chi connectivity index (χ0n) is 11.5. The van der Waals surface area contributed by atoms with Crippen molar-refractivity contribution in [3.8, 4) is 0 Å². The fourth-order valence-corrected chi connectivity index (χ4v) is 2.79. The minimum Gasteiger partial charge on any atom is -0.300 e. The molecule has 0 aromatic heterocycles. The molecular formula is C14H28N2. The topological polar surface area (TPSA) is 6.48 Å². The monoisotopic (exact) mass is 224 g/mol. The molecule has 0 saturated carbocycles. The van der Waals surface area contributed by atoms with Gasteiger partial charge < -0.3 is 0 Å². The molecule has 2 nitrogen and oxygen atoms in total. The van der Waals surface area contributed by atoms with Gasteiger partial charge in [0.2, 0.25) is 0 Å². The summed E-state index contributed by atoms with van der Waals surface area (Å²) < 4.78 is 0. The summed E-state index contributed by atoms with van der Waals surface area (Å²) in [6.07, 6.45) is 2.66. The van der Waals surface area contributed by atoms with E-state index in [1.165, 1.54) is 45.6 Å². The lowest BCUT2D eigenvalue weighted by molar-refractivity contribution is -0.0430. The van der Waals surface area contributed by atoms with Crippen LogP contribution in [0.15, 0.2) is 0 Å². The van der Waals surface area contributed by atoms with Crippen molar-refractivity contribution >= 4 is 0 Å². The Morgan fingerprint density at radius 1 is 1.06 bits per heavy atom. The maximum Gasteiger partial charge on any atom is 0.0350 e. The van der Waals surface area contributed by atoms with Crippen LogP contribution >= 0.6 is 0 Å². The molecular weight excluding hydrogens is 196 g/mol. The Bertz CT molecular complexity index is 225. The summed E-state index contributed by atoms with van der Waals surface area (Å²) in [4.78, 5) is 5.32. The molecule has 0 unspecified atom stereocenters. The Kier molecular flexibility index (Phi) is 3.60. The third-order valence-electron chi connectivity index (χ3n) is 4.63. The summed E-state index contributed by atoms with van der Waals surface area (Å²) in [5.74, 6) is 1.00. The lowest BCUT2D eigenvalue weighted by atomic mass is 9.87. The van der Waals surface area contributed by atoms with E-state index in [1.54, 1.807) is 0 Å². The van der Waals surface area contributed by atoms with Gasteiger partial charge in [0.25, 0.3) is 0 Å². The first kappa shape index (κ1) is 12.4. The van der Waals surface area contributed by atoms with Gasteiger partial charge in [-0.25, -0.2) is 0 Å². The molecule has 0 radical (unpaired) electrons. The average molecular weight is 224 g/mol. The SMILES string of the molecule is CCC1CN(C2CN(CC(C)(C)CC)C2)C1. The van der Waals surface area contributed by atoms with E-state index in [1.807, 2.05) is 0 Å². The number of rotatable bonds is 5. The van der Waals surface area contributed by atoms with E-state index in [-0.39, 0.29) is 0 Å². The molecule has 0 aromatic carbocycles. The van der Waals surface area contributed by atoms with Crippen molar-refractivity contribution in [2.75, 3.05) is 32.7 Å². The highest BCUT2D eigenvalue weighted by Gasteiger charge is 2.39. The van der Waals surface area contributed by atoms with E-state index < -0.39 is 0 Å². The van der Waals surface area contributed by atoms with Crippen molar-refractivity contribution in [2.24, 2.45) is 11.3 Å². The molecule has 2 heteroatoms. The fourth-order valence-electron chi connectivity index (χ4n) is 2.79. The smallest absolute Gasteiger partial charge is 0.0350 e. The maximum atomic E-state index is 2.68. The zero-order chi connectivity index (χ0) is 11.8. The molecule has 16 heavy (non-hydrogen) atoms. The zero-order valence-corrected chi connectivity index (χ0v) is 11.5. The quantitative estimate of drug-likeness (QED) is 0.708. The maximum absolute atomic E-state index is 2.68. The molecule has 2 saturated heterocycles. The first-order valence-electron chi connectivity index (χ1n) is 7.00. The molecule has 2 rings (SSSR count). The van der Waals surface area contributed by atoms with E-state index in [0.717, 1.165) is 12.0 Å². The van der Waals surface area contributed by atoms with Gasteiger partial charge in [0.1, 0.15) is 0 Å². The van der Waals surface area contributed by atoms with E-state index in [2.05, 4.69) is 37.5 Å². The van der Waals surface area contributed by atoms with Gasteiger partial charge in [-0.3, -0.25) is 9.80 Å². The lowest BCUT2D eigenvalue weighted by Crippen LogP contribution is -2.65. The van der Waals surface area contributed by atoms with Crippen LogP contribution < -0.4 is 0 Å². The Morgan fingerprint density at radius 3 is 2.19 bits per heavy atom. The van der Waals surface area contributed by atoms with E-state index in [9.17, 15) is 0 Å². The van der Waals surface area contributed by atoms with Crippen LogP contribution in [-0.4, -0.2) is 48.6 Å². The molecule has 0 atom stereocenters. The predicted molar refractivity (Wildman–Crippen MR) is 69.7 cm³/mol.